The Morgan fingerprint density at radius 3 is 2.50 bits per heavy atom. The van der Waals surface area contributed by atoms with Crippen molar-refractivity contribution in [2.24, 2.45) is 5.92 Å². The van der Waals surface area contributed by atoms with Crippen LogP contribution in [0.1, 0.15) is 24.2 Å². The van der Waals surface area contributed by atoms with Crippen LogP contribution in [0.2, 0.25) is 0 Å². The minimum atomic E-state index is -0.408. The number of aliphatic hydroxyl groups excluding tert-OH is 1. The Labute approximate surface area is 123 Å². The van der Waals surface area contributed by atoms with Gasteiger partial charge in [-0.25, -0.2) is 0 Å². The van der Waals surface area contributed by atoms with Gasteiger partial charge in [0.1, 0.15) is 0 Å². The van der Waals surface area contributed by atoms with Gasteiger partial charge < -0.3 is 5.11 Å². The molecule has 2 heteroatoms. The molecule has 2 unspecified atom stereocenters. The molecule has 20 heavy (non-hydrogen) atoms. The van der Waals surface area contributed by atoms with Crippen molar-refractivity contribution in [1.82, 2.24) is 0 Å². The van der Waals surface area contributed by atoms with Crippen LogP contribution >= 0.6 is 11.3 Å². The summed E-state index contributed by atoms with van der Waals surface area (Å²) >= 11 is 1.78. The zero-order chi connectivity index (χ0) is 13.9. The zero-order valence-corrected chi connectivity index (χ0v) is 12.3. The van der Waals surface area contributed by atoms with Crippen molar-refractivity contribution in [2.75, 3.05) is 0 Å². The lowest BCUT2D eigenvalue weighted by molar-refractivity contribution is 0.118. The van der Waals surface area contributed by atoms with Crippen molar-refractivity contribution in [3.63, 3.8) is 0 Å². The Hall–Kier alpha value is -1.64. The highest BCUT2D eigenvalue weighted by molar-refractivity contribution is 7.17. The highest BCUT2D eigenvalue weighted by atomic mass is 32.1. The van der Waals surface area contributed by atoms with E-state index in [1.807, 2.05) is 30.3 Å². The highest BCUT2D eigenvalue weighted by Gasteiger charge is 2.18. The van der Waals surface area contributed by atoms with Crippen molar-refractivity contribution >= 4 is 21.4 Å². The zero-order valence-electron chi connectivity index (χ0n) is 11.5. The third kappa shape index (κ3) is 2.62. The van der Waals surface area contributed by atoms with Crippen LogP contribution in [-0.2, 0) is 6.42 Å². The van der Waals surface area contributed by atoms with Gasteiger partial charge in [0.25, 0.3) is 0 Å². The van der Waals surface area contributed by atoms with Gasteiger partial charge in [-0.15, -0.1) is 11.3 Å². The van der Waals surface area contributed by atoms with E-state index in [0.717, 1.165) is 12.0 Å². The average molecular weight is 282 g/mol. The van der Waals surface area contributed by atoms with Gasteiger partial charge in [0.15, 0.2) is 0 Å². The Morgan fingerprint density at radius 1 is 1.00 bits per heavy atom. The van der Waals surface area contributed by atoms with Gasteiger partial charge >= 0.3 is 0 Å². The number of hydrogen-bond acceptors (Lipinski definition) is 2. The summed E-state index contributed by atoms with van der Waals surface area (Å²) in [5.41, 5.74) is 2.34. The molecule has 0 aliphatic rings. The van der Waals surface area contributed by atoms with Crippen LogP contribution in [0.15, 0.2) is 60.0 Å². The quantitative estimate of drug-likeness (QED) is 0.728. The Morgan fingerprint density at radius 2 is 1.70 bits per heavy atom. The third-order valence-corrected chi connectivity index (χ3v) is 4.80. The molecule has 0 aliphatic carbocycles. The highest BCUT2D eigenvalue weighted by Crippen LogP contribution is 2.31. The van der Waals surface area contributed by atoms with Crippen LogP contribution in [0.25, 0.3) is 10.1 Å². The van der Waals surface area contributed by atoms with Crippen LogP contribution in [0.4, 0.5) is 0 Å². The number of aliphatic hydroxyl groups is 1. The average Bonchev–Trinajstić information content (AvgIpc) is 2.91. The van der Waals surface area contributed by atoms with Crippen molar-refractivity contribution in [1.29, 1.82) is 0 Å². The predicted octanol–water partition coefficient (Wildman–Crippen LogP) is 4.81. The van der Waals surface area contributed by atoms with Crippen LogP contribution < -0.4 is 0 Å². The molecule has 0 spiro atoms. The maximum absolute atomic E-state index is 10.5. The number of hydrogen-bond donors (Lipinski definition) is 1. The monoisotopic (exact) mass is 282 g/mol. The molecule has 0 aliphatic heterocycles. The molecule has 0 fully saturated rings. The van der Waals surface area contributed by atoms with E-state index in [1.54, 1.807) is 11.3 Å². The normalized spacial score (nSPS) is 14.3. The molecule has 0 bridgehead atoms. The maximum Gasteiger partial charge on any atom is 0.0818 e. The summed E-state index contributed by atoms with van der Waals surface area (Å²) in [5.74, 6) is 0.204. The standard InChI is InChI=1S/C18H18OS/c1-13(18(19)14-7-3-2-4-8-14)11-15-12-20-17-10-6-5-9-16(15)17/h2-10,12-13,18-19H,11H2,1H3. The lowest BCUT2D eigenvalue weighted by Gasteiger charge is -2.19. The first-order chi connectivity index (χ1) is 9.75. The Balaban J connectivity index is 1.80. The van der Waals surface area contributed by atoms with E-state index in [9.17, 15) is 5.11 Å². The van der Waals surface area contributed by atoms with E-state index < -0.39 is 6.10 Å². The van der Waals surface area contributed by atoms with Crippen molar-refractivity contribution < 1.29 is 5.11 Å². The second-order valence-corrected chi connectivity index (χ2v) is 6.21. The van der Waals surface area contributed by atoms with Gasteiger partial charge in [-0.05, 0) is 40.3 Å². The molecule has 1 aromatic heterocycles. The fourth-order valence-electron chi connectivity index (χ4n) is 2.63. The lowest BCUT2D eigenvalue weighted by Crippen LogP contribution is -2.11. The largest absolute Gasteiger partial charge is 0.388 e. The SMILES string of the molecule is CC(Cc1csc2ccccc12)C(O)c1ccccc1. The summed E-state index contributed by atoms with van der Waals surface area (Å²) in [7, 11) is 0. The summed E-state index contributed by atoms with van der Waals surface area (Å²) in [6.07, 6.45) is 0.495. The Kier molecular flexibility index (Phi) is 3.86. The van der Waals surface area contributed by atoms with Crippen molar-refractivity contribution in [3.8, 4) is 0 Å². The van der Waals surface area contributed by atoms with Gasteiger partial charge in [0.05, 0.1) is 6.10 Å². The van der Waals surface area contributed by atoms with E-state index in [-0.39, 0.29) is 5.92 Å². The summed E-state index contributed by atoms with van der Waals surface area (Å²) in [6.45, 7) is 2.12. The number of rotatable bonds is 4. The summed E-state index contributed by atoms with van der Waals surface area (Å²) < 4.78 is 1.32. The van der Waals surface area contributed by atoms with E-state index in [0.29, 0.717) is 0 Å². The molecule has 1 nitrogen and oxygen atoms in total. The fourth-order valence-corrected chi connectivity index (χ4v) is 3.60. The first-order valence-electron chi connectivity index (χ1n) is 6.94. The second-order valence-electron chi connectivity index (χ2n) is 5.29. The van der Waals surface area contributed by atoms with E-state index in [4.69, 9.17) is 0 Å². The minimum Gasteiger partial charge on any atom is -0.388 e. The second kappa shape index (κ2) is 5.78. The molecule has 0 saturated heterocycles. The summed E-state index contributed by atoms with van der Waals surface area (Å²) in [4.78, 5) is 0. The molecule has 0 radical (unpaired) electrons. The molecule has 2 aromatic carbocycles. The molecule has 3 aromatic rings. The minimum absolute atomic E-state index is 0.204. The summed E-state index contributed by atoms with van der Waals surface area (Å²) in [5, 5.41) is 14.0. The number of fused-ring (bicyclic) bond motifs is 1. The van der Waals surface area contributed by atoms with Gasteiger partial charge in [0, 0.05) is 4.70 Å². The van der Waals surface area contributed by atoms with Crippen LogP contribution in [-0.4, -0.2) is 5.11 Å². The van der Waals surface area contributed by atoms with Gasteiger partial charge in [0.2, 0.25) is 0 Å². The van der Waals surface area contributed by atoms with Gasteiger partial charge in [-0.2, -0.15) is 0 Å². The molecular formula is C18H18OS. The summed E-state index contributed by atoms with van der Waals surface area (Å²) in [6, 6.07) is 18.4. The van der Waals surface area contributed by atoms with Gasteiger partial charge in [-0.1, -0.05) is 55.5 Å². The predicted molar refractivity (Wildman–Crippen MR) is 86.1 cm³/mol. The van der Waals surface area contributed by atoms with E-state index >= 15 is 0 Å². The molecule has 2 atom stereocenters. The molecule has 3 rings (SSSR count). The first-order valence-corrected chi connectivity index (χ1v) is 7.82. The van der Waals surface area contributed by atoms with Crippen molar-refractivity contribution in [3.05, 3.63) is 71.1 Å². The van der Waals surface area contributed by atoms with Gasteiger partial charge in [-0.3, -0.25) is 0 Å². The van der Waals surface area contributed by atoms with E-state index in [2.05, 4.69) is 36.6 Å². The first kappa shape index (κ1) is 13.3. The number of benzene rings is 2. The fraction of sp³-hybridized carbons (Fsp3) is 0.222. The van der Waals surface area contributed by atoms with Crippen LogP contribution in [0.3, 0.4) is 0 Å². The van der Waals surface area contributed by atoms with Crippen LogP contribution in [0, 0.1) is 5.92 Å². The molecular weight excluding hydrogens is 264 g/mol. The van der Waals surface area contributed by atoms with E-state index in [1.165, 1.54) is 15.6 Å². The molecule has 102 valence electrons. The molecule has 0 amide bonds. The topological polar surface area (TPSA) is 20.2 Å². The molecule has 0 saturated carbocycles. The third-order valence-electron chi connectivity index (χ3n) is 3.78. The van der Waals surface area contributed by atoms with Crippen molar-refractivity contribution in [2.45, 2.75) is 19.4 Å². The molecule has 1 N–H and O–H groups in total. The maximum atomic E-state index is 10.5. The lowest BCUT2D eigenvalue weighted by atomic mass is 9.91. The Bertz CT molecular complexity index is 687. The molecule has 1 heterocycles. The van der Waals surface area contributed by atoms with Crippen LogP contribution in [0.5, 0.6) is 0 Å². The smallest absolute Gasteiger partial charge is 0.0818 e. The number of thiophene rings is 1.